The van der Waals surface area contributed by atoms with Gasteiger partial charge in [0.1, 0.15) is 23.2 Å². The van der Waals surface area contributed by atoms with Gasteiger partial charge in [-0.1, -0.05) is 37.3 Å². The van der Waals surface area contributed by atoms with Gasteiger partial charge < -0.3 is 14.5 Å². The lowest BCUT2D eigenvalue weighted by atomic mass is 10.1. The molecule has 0 aliphatic heterocycles. The molecule has 0 radical (unpaired) electrons. The fourth-order valence-electron chi connectivity index (χ4n) is 2.83. The predicted molar refractivity (Wildman–Crippen MR) is 104 cm³/mol. The second kappa shape index (κ2) is 8.72. The molecule has 0 atom stereocenters. The maximum absolute atomic E-state index is 12.2. The van der Waals surface area contributed by atoms with E-state index in [9.17, 15) is 4.79 Å². The van der Waals surface area contributed by atoms with Crippen molar-refractivity contribution < 1.29 is 13.9 Å². The van der Waals surface area contributed by atoms with Gasteiger partial charge in [0.05, 0.1) is 0 Å². The summed E-state index contributed by atoms with van der Waals surface area (Å²) >= 11 is 0. The molecule has 0 saturated carbocycles. The van der Waals surface area contributed by atoms with Crippen molar-refractivity contribution in [3.63, 3.8) is 0 Å². The summed E-state index contributed by atoms with van der Waals surface area (Å²) in [6.45, 7) is 2.40. The molecule has 0 spiro atoms. The summed E-state index contributed by atoms with van der Waals surface area (Å²) in [6.07, 6.45) is 4.07. The first kappa shape index (κ1) is 18.3. The van der Waals surface area contributed by atoms with Crippen LogP contribution in [0.1, 0.15) is 23.8 Å². The lowest BCUT2D eigenvalue weighted by Crippen LogP contribution is -2.20. The van der Waals surface area contributed by atoms with E-state index in [-0.39, 0.29) is 12.5 Å². The van der Waals surface area contributed by atoms with Gasteiger partial charge >= 0.3 is 0 Å². The minimum absolute atomic E-state index is 0.00301. The number of fused-ring (bicyclic) bond motifs is 1. The van der Waals surface area contributed by atoms with Gasteiger partial charge in [-0.2, -0.15) is 5.26 Å². The second-order valence-corrected chi connectivity index (χ2v) is 5.93. The first-order valence-corrected chi connectivity index (χ1v) is 8.76. The number of nitriles is 1. The minimum Gasteiger partial charge on any atom is -0.479 e. The van der Waals surface area contributed by atoms with Gasteiger partial charge in [0, 0.05) is 30.0 Å². The smallest absolute Gasteiger partial charge is 0.244 e. The monoisotopic (exact) mass is 360 g/mol. The van der Waals surface area contributed by atoms with Crippen molar-refractivity contribution in [2.45, 2.75) is 19.9 Å². The van der Waals surface area contributed by atoms with E-state index in [0.29, 0.717) is 12.3 Å². The van der Waals surface area contributed by atoms with Crippen LogP contribution in [0.3, 0.4) is 0 Å². The topological polar surface area (TPSA) is 75.3 Å². The molecule has 27 heavy (non-hydrogen) atoms. The van der Waals surface area contributed by atoms with E-state index >= 15 is 0 Å². The van der Waals surface area contributed by atoms with Crippen LogP contribution in [0.15, 0.2) is 59.0 Å². The van der Waals surface area contributed by atoms with Crippen LogP contribution in [0.5, 0.6) is 5.75 Å². The number of benzene rings is 2. The van der Waals surface area contributed by atoms with Gasteiger partial charge in [0.2, 0.25) is 5.91 Å². The van der Waals surface area contributed by atoms with Gasteiger partial charge in [-0.3, -0.25) is 4.79 Å². The molecule has 3 rings (SSSR count). The Hall–Kier alpha value is -3.52. The number of hydrogen-bond acceptors (Lipinski definition) is 4. The summed E-state index contributed by atoms with van der Waals surface area (Å²) in [5.74, 6) is 1.28. The van der Waals surface area contributed by atoms with E-state index in [1.807, 2.05) is 49.4 Å². The van der Waals surface area contributed by atoms with Crippen molar-refractivity contribution in [3.05, 3.63) is 71.5 Å². The Labute approximate surface area is 157 Å². The van der Waals surface area contributed by atoms with Gasteiger partial charge in [-0.25, -0.2) is 0 Å². The first-order chi connectivity index (χ1) is 13.2. The Bertz CT molecular complexity index is 1010. The molecule has 2 aromatic carbocycles. The molecular weight excluding hydrogens is 340 g/mol. The van der Waals surface area contributed by atoms with Crippen molar-refractivity contribution in [3.8, 4) is 11.8 Å². The highest BCUT2D eigenvalue weighted by Gasteiger charge is 2.10. The SMILES string of the molecule is CCc1oc2ccccc2c1/C=C/C(=O)NCc1cccc(OCC#N)c1. The van der Waals surface area contributed by atoms with Crippen molar-refractivity contribution in [2.75, 3.05) is 6.61 Å². The summed E-state index contributed by atoms with van der Waals surface area (Å²) in [7, 11) is 0. The summed E-state index contributed by atoms with van der Waals surface area (Å²) < 4.78 is 11.1. The van der Waals surface area contributed by atoms with Crippen molar-refractivity contribution in [1.29, 1.82) is 5.26 Å². The number of aryl methyl sites for hydroxylation is 1. The molecule has 136 valence electrons. The van der Waals surface area contributed by atoms with Crippen molar-refractivity contribution >= 4 is 23.0 Å². The lowest BCUT2D eigenvalue weighted by Gasteiger charge is -2.06. The van der Waals surface area contributed by atoms with Crippen LogP contribution in [-0.4, -0.2) is 12.5 Å². The number of carbonyl (C=O) groups excluding carboxylic acids is 1. The predicted octanol–water partition coefficient (Wildman–Crippen LogP) is 4.23. The van der Waals surface area contributed by atoms with Crippen LogP contribution < -0.4 is 10.1 Å². The fraction of sp³-hybridized carbons (Fsp3) is 0.182. The number of rotatable bonds is 7. The van der Waals surface area contributed by atoms with Gasteiger partial charge in [-0.05, 0) is 29.8 Å². The summed E-state index contributed by atoms with van der Waals surface area (Å²) in [4.78, 5) is 12.2. The molecule has 1 N–H and O–H groups in total. The van der Waals surface area contributed by atoms with E-state index in [1.165, 1.54) is 6.08 Å². The maximum Gasteiger partial charge on any atom is 0.244 e. The van der Waals surface area contributed by atoms with E-state index < -0.39 is 0 Å². The zero-order chi connectivity index (χ0) is 19.1. The van der Waals surface area contributed by atoms with Gasteiger partial charge in [-0.15, -0.1) is 0 Å². The molecule has 0 saturated heterocycles. The molecule has 5 heteroatoms. The zero-order valence-corrected chi connectivity index (χ0v) is 15.1. The van der Waals surface area contributed by atoms with Crippen LogP contribution in [-0.2, 0) is 17.8 Å². The van der Waals surface area contributed by atoms with Gasteiger partial charge in [0.25, 0.3) is 0 Å². The molecular formula is C22H20N2O3. The van der Waals surface area contributed by atoms with Crippen LogP contribution >= 0.6 is 0 Å². The maximum atomic E-state index is 12.2. The number of nitrogens with zero attached hydrogens (tertiary/aromatic N) is 1. The largest absolute Gasteiger partial charge is 0.479 e. The molecule has 0 unspecified atom stereocenters. The Balaban J connectivity index is 1.66. The number of hydrogen-bond donors (Lipinski definition) is 1. The molecule has 0 fully saturated rings. The summed E-state index contributed by atoms with van der Waals surface area (Å²) in [5.41, 5.74) is 2.66. The van der Waals surface area contributed by atoms with Crippen molar-refractivity contribution in [1.82, 2.24) is 5.32 Å². The third-order valence-corrected chi connectivity index (χ3v) is 4.10. The van der Waals surface area contributed by atoms with Crippen LogP contribution in [0.4, 0.5) is 0 Å². The number of ether oxygens (including phenoxy) is 1. The number of furan rings is 1. The van der Waals surface area contributed by atoms with Crippen LogP contribution in [0.2, 0.25) is 0 Å². The average Bonchev–Trinajstić information content (AvgIpc) is 3.07. The van der Waals surface area contributed by atoms with E-state index in [0.717, 1.165) is 34.3 Å². The highest BCUT2D eigenvalue weighted by Crippen LogP contribution is 2.27. The Morgan fingerprint density at radius 3 is 2.93 bits per heavy atom. The molecule has 5 nitrogen and oxygen atoms in total. The normalized spacial score (nSPS) is 10.8. The van der Waals surface area contributed by atoms with E-state index in [1.54, 1.807) is 18.2 Å². The molecule has 0 aliphatic carbocycles. The van der Waals surface area contributed by atoms with Crippen molar-refractivity contribution in [2.24, 2.45) is 0 Å². The first-order valence-electron chi connectivity index (χ1n) is 8.76. The number of nitrogens with one attached hydrogen (secondary N) is 1. The fourth-order valence-corrected chi connectivity index (χ4v) is 2.83. The number of carbonyl (C=O) groups is 1. The summed E-state index contributed by atoms with van der Waals surface area (Å²) in [6, 6.07) is 17.0. The van der Waals surface area contributed by atoms with Crippen LogP contribution in [0.25, 0.3) is 17.0 Å². The number of amides is 1. The Kier molecular flexibility index (Phi) is 5.91. The molecule has 3 aromatic rings. The van der Waals surface area contributed by atoms with Gasteiger partial charge in [0.15, 0.2) is 6.61 Å². The molecule has 0 aliphatic rings. The number of para-hydroxylation sites is 1. The summed E-state index contributed by atoms with van der Waals surface area (Å²) in [5, 5.41) is 12.4. The molecule has 0 bridgehead atoms. The van der Waals surface area contributed by atoms with Crippen LogP contribution in [0, 0.1) is 11.3 Å². The quantitative estimate of drug-likeness (QED) is 0.640. The molecule has 1 aromatic heterocycles. The van der Waals surface area contributed by atoms with E-state index in [2.05, 4.69) is 5.32 Å². The average molecular weight is 360 g/mol. The Morgan fingerprint density at radius 2 is 2.11 bits per heavy atom. The molecule has 1 amide bonds. The third kappa shape index (κ3) is 4.56. The highest BCUT2D eigenvalue weighted by molar-refractivity contribution is 5.96. The zero-order valence-electron chi connectivity index (χ0n) is 15.1. The molecule has 1 heterocycles. The highest BCUT2D eigenvalue weighted by atomic mass is 16.5. The lowest BCUT2D eigenvalue weighted by molar-refractivity contribution is -0.116. The standard InChI is InChI=1S/C22H20N2O3/c1-2-20-19(18-8-3-4-9-21(18)27-20)10-11-22(25)24-15-16-6-5-7-17(14-16)26-13-12-23/h3-11,14H,2,13,15H2,1H3,(H,24,25)/b11-10+. The Morgan fingerprint density at radius 1 is 1.26 bits per heavy atom. The third-order valence-electron chi connectivity index (χ3n) is 4.10. The minimum atomic E-state index is -0.189. The second-order valence-electron chi connectivity index (χ2n) is 5.93. The van der Waals surface area contributed by atoms with E-state index in [4.69, 9.17) is 14.4 Å².